The molecule has 0 bridgehead atoms. The van der Waals surface area contributed by atoms with E-state index in [2.05, 4.69) is 171 Å². The van der Waals surface area contributed by atoms with Gasteiger partial charge in [-0.1, -0.05) is 103 Å². The number of benzene rings is 1. The lowest BCUT2D eigenvalue weighted by Gasteiger charge is -2.29. The highest BCUT2D eigenvalue weighted by molar-refractivity contribution is 8.03. The number of ketones is 1. The number of rotatable bonds is 9. The molecule has 0 radical (unpaired) electrons. The van der Waals surface area contributed by atoms with Crippen molar-refractivity contribution in [3.05, 3.63) is 179 Å². The molecule has 1 aromatic rings. The lowest BCUT2D eigenvalue weighted by Crippen LogP contribution is -2.21. The van der Waals surface area contributed by atoms with E-state index in [-0.39, 0.29) is 11.7 Å². The Hall–Kier alpha value is -4.54. The molecule has 0 aromatic heterocycles. The first-order chi connectivity index (χ1) is 22.5. The van der Waals surface area contributed by atoms with Crippen LogP contribution < -0.4 is 4.90 Å². The van der Waals surface area contributed by atoms with Crippen LogP contribution in [0.1, 0.15) is 63.7 Å². The minimum Gasteiger partial charge on any atom is -0.318 e. The van der Waals surface area contributed by atoms with E-state index in [1.54, 1.807) is 11.8 Å². The first kappa shape index (κ1) is 32.8. The molecular weight excluding hydrogens is 581 g/mol. The second-order valence-electron chi connectivity index (χ2n) is 11.4. The molecule has 46 heavy (non-hydrogen) atoms. The number of allylic oxidation sites excluding steroid dienone is 22. The minimum absolute atomic E-state index is 0.0213. The smallest absolute Gasteiger partial charge is 0.164 e. The summed E-state index contributed by atoms with van der Waals surface area (Å²) in [6, 6.07) is 6.35. The number of hydrogen-bond donors (Lipinski definition) is 0. The van der Waals surface area contributed by atoms with Gasteiger partial charge in [-0.05, 0) is 87.6 Å². The van der Waals surface area contributed by atoms with Crippen LogP contribution in [-0.4, -0.2) is 10.7 Å². The molecule has 0 fully saturated rings. The standard InChI is InChI=1S/C42H44N2OS/c1-5-8-13-21-34(19-6-2)44(36-24-16-11-12-17-25-36)38-27-28-39-40(45)29-33-20-18-26-37(30-41(33)46-42(39)31-38)43(32(4)7-3)35-22-14-9-10-15-23-35/h5-12,14-22,24,26-28,30-31,33H,13,23,25,29H2,1-4H3/b8-5-,19-6-,32-7+,34-21+. The Labute approximate surface area is 279 Å². The Morgan fingerprint density at radius 3 is 2.33 bits per heavy atom. The van der Waals surface area contributed by atoms with Crippen LogP contribution >= 0.6 is 11.8 Å². The second kappa shape index (κ2) is 16.1. The third kappa shape index (κ3) is 7.81. The van der Waals surface area contributed by atoms with Crippen LogP contribution in [0.3, 0.4) is 0 Å². The first-order valence-electron chi connectivity index (χ1n) is 16.2. The van der Waals surface area contributed by atoms with Crippen molar-refractivity contribution in [2.75, 3.05) is 4.90 Å². The number of thioether (sulfide) groups is 1. The monoisotopic (exact) mass is 624 g/mol. The van der Waals surface area contributed by atoms with Crippen LogP contribution in [0.25, 0.3) is 0 Å². The molecule has 1 atom stereocenters. The van der Waals surface area contributed by atoms with Gasteiger partial charge in [0, 0.05) is 69.8 Å². The van der Waals surface area contributed by atoms with Gasteiger partial charge in [0.2, 0.25) is 0 Å². The Bertz CT molecular complexity index is 1730. The fourth-order valence-electron chi connectivity index (χ4n) is 5.90. The van der Waals surface area contributed by atoms with Gasteiger partial charge in [-0.15, -0.1) is 0 Å². The second-order valence-corrected chi connectivity index (χ2v) is 12.5. The SMILES string of the molecule is C/C=C\C/C=C(\C=C/C)N(C1=CC=CC=CC1)c1ccc2c(c1)SC1=CC(N(C3=CC=CC=CC3)/C(C)=C/C)=CC=CC1CC2=O. The van der Waals surface area contributed by atoms with E-state index in [9.17, 15) is 4.79 Å². The van der Waals surface area contributed by atoms with Crippen molar-refractivity contribution < 1.29 is 4.79 Å². The fraction of sp³-hybridized carbons (Fsp3) is 0.214. The molecular formula is C42H44N2OS. The highest BCUT2D eigenvalue weighted by Gasteiger charge is 2.29. The summed E-state index contributed by atoms with van der Waals surface area (Å²) in [4.78, 5) is 20.6. The van der Waals surface area contributed by atoms with Gasteiger partial charge in [0.25, 0.3) is 0 Å². The van der Waals surface area contributed by atoms with E-state index >= 15 is 0 Å². The van der Waals surface area contributed by atoms with Gasteiger partial charge < -0.3 is 9.80 Å². The molecule has 234 valence electrons. The molecule has 4 heteroatoms. The average Bonchev–Trinajstić information content (AvgIpc) is 3.59. The summed E-state index contributed by atoms with van der Waals surface area (Å²) in [5, 5.41) is 0. The van der Waals surface area contributed by atoms with Gasteiger partial charge in [-0.2, -0.15) is 0 Å². The third-order valence-electron chi connectivity index (χ3n) is 8.27. The van der Waals surface area contributed by atoms with Gasteiger partial charge in [0.05, 0.1) is 0 Å². The van der Waals surface area contributed by atoms with Crippen molar-refractivity contribution in [3.63, 3.8) is 0 Å². The van der Waals surface area contributed by atoms with Crippen LogP contribution in [0.4, 0.5) is 5.69 Å². The summed E-state index contributed by atoms with van der Waals surface area (Å²) in [5.74, 6) is 0.204. The molecule has 0 saturated heterocycles. The maximum atomic E-state index is 13.8. The number of fused-ring (bicyclic) bond motifs is 2. The number of nitrogens with zero attached hydrogens (tertiary/aromatic N) is 2. The maximum Gasteiger partial charge on any atom is 0.164 e. The van der Waals surface area contributed by atoms with Crippen LogP contribution in [0, 0.1) is 5.92 Å². The van der Waals surface area contributed by atoms with Gasteiger partial charge in [-0.3, -0.25) is 4.79 Å². The van der Waals surface area contributed by atoms with Crippen LogP contribution in [0.2, 0.25) is 0 Å². The van der Waals surface area contributed by atoms with Gasteiger partial charge in [-0.25, -0.2) is 0 Å². The van der Waals surface area contributed by atoms with Crippen molar-refractivity contribution in [3.8, 4) is 0 Å². The maximum absolute atomic E-state index is 13.8. The van der Waals surface area contributed by atoms with Crippen LogP contribution in [0.5, 0.6) is 0 Å². The average molecular weight is 625 g/mol. The van der Waals surface area contributed by atoms with Crippen LogP contribution in [-0.2, 0) is 0 Å². The zero-order valence-electron chi connectivity index (χ0n) is 27.4. The van der Waals surface area contributed by atoms with Crippen molar-refractivity contribution in [2.45, 2.75) is 58.3 Å². The van der Waals surface area contributed by atoms with E-state index in [4.69, 9.17) is 0 Å². The molecule has 1 unspecified atom stereocenters. The zero-order chi connectivity index (χ0) is 32.3. The summed E-state index contributed by atoms with van der Waals surface area (Å²) in [6.45, 7) is 8.35. The predicted molar refractivity (Wildman–Crippen MR) is 198 cm³/mol. The molecule has 1 heterocycles. The molecule has 0 amide bonds. The van der Waals surface area contributed by atoms with Gasteiger partial charge in [0.1, 0.15) is 0 Å². The number of carbonyl (C=O) groups excluding carboxylic acids is 1. The lowest BCUT2D eigenvalue weighted by atomic mass is 9.97. The molecule has 3 aliphatic carbocycles. The minimum atomic E-state index is 0.0213. The quantitative estimate of drug-likeness (QED) is 0.201. The molecule has 1 aliphatic heterocycles. The molecule has 0 N–H and O–H groups in total. The van der Waals surface area contributed by atoms with E-state index in [0.29, 0.717) is 6.42 Å². The molecule has 5 rings (SSSR count). The van der Waals surface area contributed by atoms with Crippen molar-refractivity contribution >= 4 is 23.2 Å². The molecule has 0 saturated carbocycles. The summed E-state index contributed by atoms with van der Waals surface area (Å²) in [6.07, 6.45) is 46.0. The highest BCUT2D eigenvalue weighted by atomic mass is 32.2. The molecule has 4 aliphatic rings. The van der Waals surface area contributed by atoms with E-state index in [0.717, 1.165) is 46.8 Å². The van der Waals surface area contributed by atoms with Crippen molar-refractivity contribution in [1.29, 1.82) is 0 Å². The van der Waals surface area contributed by atoms with Gasteiger partial charge >= 0.3 is 0 Å². The molecule has 1 aromatic carbocycles. The number of anilines is 1. The first-order valence-corrected chi connectivity index (χ1v) is 17.0. The molecule has 3 nitrogen and oxygen atoms in total. The Balaban J connectivity index is 1.59. The zero-order valence-corrected chi connectivity index (χ0v) is 28.2. The van der Waals surface area contributed by atoms with E-state index < -0.39 is 0 Å². The molecule has 0 spiro atoms. The number of carbonyl (C=O) groups is 1. The summed E-state index contributed by atoms with van der Waals surface area (Å²) in [7, 11) is 0. The predicted octanol–water partition coefficient (Wildman–Crippen LogP) is 11.6. The fourth-order valence-corrected chi connectivity index (χ4v) is 7.12. The topological polar surface area (TPSA) is 23.6 Å². The van der Waals surface area contributed by atoms with E-state index in [1.165, 1.54) is 22.0 Å². The van der Waals surface area contributed by atoms with Gasteiger partial charge in [0.15, 0.2) is 5.78 Å². The normalized spacial score (nSPS) is 19.9. The third-order valence-corrected chi connectivity index (χ3v) is 9.48. The van der Waals surface area contributed by atoms with Crippen LogP contribution in [0.15, 0.2) is 178 Å². The summed E-state index contributed by atoms with van der Waals surface area (Å²) >= 11 is 1.73. The Morgan fingerprint density at radius 1 is 0.891 bits per heavy atom. The number of hydrogen-bond acceptors (Lipinski definition) is 4. The largest absolute Gasteiger partial charge is 0.318 e. The Kier molecular flexibility index (Phi) is 11.5. The van der Waals surface area contributed by atoms with Crippen molar-refractivity contribution in [1.82, 2.24) is 4.90 Å². The summed E-state index contributed by atoms with van der Waals surface area (Å²) in [5.41, 5.74) is 7.61. The summed E-state index contributed by atoms with van der Waals surface area (Å²) < 4.78 is 0. The van der Waals surface area contributed by atoms with E-state index in [1.807, 2.05) is 6.07 Å². The van der Waals surface area contributed by atoms with Crippen molar-refractivity contribution in [2.24, 2.45) is 5.92 Å². The highest BCUT2D eigenvalue weighted by Crippen LogP contribution is 2.45. The lowest BCUT2D eigenvalue weighted by molar-refractivity contribution is 0.0973. The Morgan fingerprint density at radius 2 is 1.63 bits per heavy atom. The number of Topliss-reactive ketones (excluding diaryl/α,β-unsaturated/α-hetero) is 1.